The van der Waals surface area contributed by atoms with Gasteiger partial charge in [0.25, 0.3) is 0 Å². The van der Waals surface area contributed by atoms with Crippen LogP contribution < -0.4 is 4.74 Å². The van der Waals surface area contributed by atoms with Crippen molar-refractivity contribution in [2.75, 3.05) is 7.11 Å². The average Bonchev–Trinajstić information content (AvgIpc) is 3.43. The van der Waals surface area contributed by atoms with Gasteiger partial charge in [-0.05, 0) is 53.6 Å². The molecular weight excluding hydrogens is 394 g/mol. The van der Waals surface area contributed by atoms with Crippen molar-refractivity contribution in [2.45, 2.75) is 5.92 Å². The molecule has 4 heteroatoms. The summed E-state index contributed by atoms with van der Waals surface area (Å²) in [5, 5.41) is 1.80. The van der Waals surface area contributed by atoms with Crippen molar-refractivity contribution in [1.82, 2.24) is 4.98 Å². The molecule has 1 atom stereocenters. The van der Waals surface area contributed by atoms with Crippen molar-refractivity contribution < 1.29 is 9.15 Å². The van der Waals surface area contributed by atoms with E-state index in [1.807, 2.05) is 79.0 Å². The number of halogens is 1. The van der Waals surface area contributed by atoms with E-state index in [1.54, 1.807) is 7.11 Å². The molecule has 0 amide bonds. The third-order valence-corrected chi connectivity index (χ3v) is 5.64. The second kappa shape index (κ2) is 7.77. The van der Waals surface area contributed by atoms with Gasteiger partial charge in [0.2, 0.25) is 0 Å². The minimum Gasteiger partial charge on any atom is -0.496 e. The first kappa shape index (κ1) is 18.6. The van der Waals surface area contributed by atoms with Crippen LogP contribution in [0.2, 0.25) is 5.02 Å². The van der Waals surface area contributed by atoms with Gasteiger partial charge in [-0.3, -0.25) is 0 Å². The van der Waals surface area contributed by atoms with E-state index < -0.39 is 0 Å². The molecule has 0 radical (unpaired) electrons. The number of H-pyrrole nitrogens is 1. The van der Waals surface area contributed by atoms with Gasteiger partial charge in [0, 0.05) is 22.1 Å². The van der Waals surface area contributed by atoms with E-state index >= 15 is 0 Å². The van der Waals surface area contributed by atoms with Crippen LogP contribution in [0.3, 0.4) is 0 Å². The van der Waals surface area contributed by atoms with Crippen LogP contribution in [0.4, 0.5) is 0 Å². The number of methoxy groups -OCH3 is 1. The smallest absolute Gasteiger partial charge is 0.138 e. The fourth-order valence-electron chi connectivity index (χ4n) is 4.00. The molecule has 3 nitrogen and oxygen atoms in total. The molecule has 1 N–H and O–H groups in total. The molecule has 2 aromatic heterocycles. The molecular formula is C26H20ClNO2. The molecule has 0 fully saturated rings. The summed E-state index contributed by atoms with van der Waals surface area (Å²) in [6, 6.07) is 28.2. The summed E-state index contributed by atoms with van der Waals surface area (Å²) in [6.45, 7) is 0. The minimum atomic E-state index is -0.0677. The van der Waals surface area contributed by atoms with Crippen LogP contribution in [0.15, 0.2) is 95.5 Å². The second-order valence-corrected chi connectivity index (χ2v) is 7.62. The van der Waals surface area contributed by atoms with Gasteiger partial charge < -0.3 is 14.1 Å². The lowest BCUT2D eigenvalue weighted by Crippen LogP contribution is -2.01. The zero-order valence-corrected chi connectivity index (χ0v) is 17.2. The highest BCUT2D eigenvalue weighted by atomic mass is 35.5. The van der Waals surface area contributed by atoms with Crippen LogP contribution in [-0.2, 0) is 0 Å². The molecule has 0 aliphatic rings. The molecule has 0 saturated carbocycles. The van der Waals surface area contributed by atoms with Gasteiger partial charge in [-0.15, -0.1) is 0 Å². The minimum absolute atomic E-state index is 0.0677. The van der Waals surface area contributed by atoms with Gasteiger partial charge in [-0.25, -0.2) is 0 Å². The SMILES string of the molecule is COc1ccccc1-c1ccc(C(c2ccccc2)c2c[nH]c3ccc(Cl)cc23)o1. The van der Waals surface area contributed by atoms with E-state index in [0.29, 0.717) is 5.02 Å². The van der Waals surface area contributed by atoms with Crippen molar-refractivity contribution in [3.63, 3.8) is 0 Å². The summed E-state index contributed by atoms with van der Waals surface area (Å²) in [5.74, 6) is 2.36. The van der Waals surface area contributed by atoms with Crippen molar-refractivity contribution in [2.24, 2.45) is 0 Å². The van der Waals surface area contributed by atoms with Crippen LogP contribution >= 0.6 is 11.6 Å². The number of hydrogen-bond acceptors (Lipinski definition) is 2. The molecule has 148 valence electrons. The zero-order valence-electron chi connectivity index (χ0n) is 16.4. The predicted molar refractivity (Wildman–Crippen MR) is 121 cm³/mol. The molecule has 3 aromatic carbocycles. The Morgan fingerprint density at radius 2 is 1.70 bits per heavy atom. The summed E-state index contributed by atoms with van der Waals surface area (Å²) in [4.78, 5) is 3.37. The van der Waals surface area contributed by atoms with E-state index in [1.165, 1.54) is 0 Å². The number of benzene rings is 3. The molecule has 5 rings (SSSR count). The Hall–Kier alpha value is -3.43. The van der Waals surface area contributed by atoms with Crippen LogP contribution in [0, 0.1) is 0 Å². The summed E-state index contributed by atoms with van der Waals surface area (Å²) in [5.41, 5.74) is 4.26. The van der Waals surface area contributed by atoms with Crippen LogP contribution in [-0.4, -0.2) is 12.1 Å². The first-order valence-corrected chi connectivity index (χ1v) is 10.2. The van der Waals surface area contributed by atoms with Crippen molar-refractivity contribution in [3.05, 3.63) is 113 Å². The van der Waals surface area contributed by atoms with Crippen molar-refractivity contribution >= 4 is 22.5 Å². The lowest BCUT2D eigenvalue weighted by atomic mass is 9.89. The predicted octanol–water partition coefficient (Wildman–Crippen LogP) is 7.27. The van der Waals surface area contributed by atoms with Crippen LogP contribution in [0.1, 0.15) is 22.8 Å². The third kappa shape index (κ3) is 3.27. The van der Waals surface area contributed by atoms with Gasteiger partial charge >= 0.3 is 0 Å². The third-order valence-electron chi connectivity index (χ3n) is 5.40. The van der Waals surface area contributed by atoms with E-state index in [-0.39, 0.29) is 5.92 Å². The fraction of sp³-hybridized carbons (Fsp3) is 0.0769. The quantitative estimate of drug-likeness (QED) is 0.329. The largest absolute Gasteiger partial charge is 0.496 e. The van der Waals surface area contributed by atoms with Gasteiger partial charge in [-0.2, -0.15) is 0 Å². The van der Waals surface area contributed by atoms with Gasteiger partial charge in [-0.1, -0.05) is 54.1 Å². The highest BCUT2D eigenvalue weighted by Crippen LogP contribution is 2.40. The number of aromatic nitrogens is 1. The molecule has 0 aliphatic heterocycles. The molecule has 2 heterocycles. The number of aromatic amines is 1. The molecule has 30 heavy (non-hydrogen) atoms. The van der Waals surface area contributed by atoms with Gasteiger partial charge in [0.15, 0.2) is 0 Å². The average molecular weight is 414 g/mol. The second-order valence-electron chi connectivity index (χ2n) is 7.18. The first-order chi connectivity index (χ1) is 14.7. The molecule has 0 aliphatic carbocycles. The standard InChI is InChI=1S/C26H20ClNO2/c1-29-23-10-6-5-9-19(23)24-13-14-25(30-24)26(17-7-3-2-4-8-17)21-16-28-22-12-11-18(27)15-20(21)22/h2-16,26,28H,1H3. The lowest BCUT2D eigenvalue weighted by molar-refractivity contribution is 0.414. The maximum atomic E-state index is 6.40. The molecule has 5 aromatic rings. The maximum Gasteiger partial charge on any atom is 0.138 e. The Kier molecular flexibility index (Phi) is 4.82. The monoisotopic (exact) mass is 413 g/mol. The Labute approximate surface area is 179 Å². The Bertz CT molecular complexity index is 1300. The number of rotatable bonds is 5. The first-order valence-electron chi connectivity index (χ1n) is 9.79. The number of furan rings is 1. The molecule has 0 spiro atoms. The van der Waals surface area contributed by atoms with Crippen molar-refractivity contribution in [3.8, 4) is 17.1 Å². The van der Waals surface area contributed by atoms with E-state index in [2.05, 4.69) is 17.1 Å². The number of fused-ring (bicyclic) bond motifs is 1. The van der Waals surface area contributed by atoms with E-state index in [4.69, 9.17) is 20.8 Å². The summed E-state index contributed by atoms with van der Waals surface area (Å²) >= 11 is 6.31. The molecule has 0 bridgehead atoms. The number of hydrogen-bond donors (Lipinski definition) is 1. The van der Waals surface area contributed by atoms with Gasteiger partial charge in [0.05, 0.1) is 18.6 Å². The fourth-order valence-corrected chi connectivity index (χ4v) is 4.17. The number of para-hydroxylation sites is 1. The lowest BCUT2D eigenvalue weighted by Gasteiger charge is -2.15. The van der Waals surface area contributed by atoms with E-state index in [9.17, 15) is 0 Å². The summed E-state index contributed by atoms with van der Waals surface area (Å²) < 4.78 is 11.9. The van der Waals surface area contributed by atoms with Gasteiger partial charge in [0.1, 0.15) is 17.3 Å². The highest BCUT2D eigenvalue weighted by molar-refractivity contribution is 6.31. The molecule has 1 unspecified atom stereocenters. The zero-order chi connectivity index (χ0) is 20.5. The molecule has 0 saturated heterocycles. The van der Waals surface area contributed by atoms with E-state index in [0.717, 1.165) is 44.9 Å². The maximum absolute atomic E-state index is 6.40. The summed E-state index contributed by atoms with van der Waals surface area (Å²) in [7, 11) is 1.67. The Morgan fingerprint density at radius 3 is 2.53 bits per heavy atom. The highest BCUT2D eigenvalue weighted by Gasteiger charge is 2.24. The van der Waals surface area contributed by atoms with Crippen LogP contribution in [0.25, 0.3) is 22.2 Å². The summed E-state index contributed by atoms with van der Waals surface area (Å²) in [6.07, 6.45) is 2.05. The Morgan fingerprint density at radius 1 is 0.900 bits per heavy atom. The normalized spacial score (nSPS) is 12.2. The Balaban J connectivity index is 1.67. The van der Waals surface area contributed by atoms with Crippen molar-refractivity contribution in [1.29, 1.82) is 0 Å². The number of ether oxygens (including phenoxy) is 1. The topological polar surface area (TPSA) is 38.2 Å². The van der Waals surface area contributed by atoms with Crippen LogP contribution in [0.5, 0.6) is 5.75 Å². The number of nitrogens with one attached hydrogen (secondary N) is 1.